The van der Waals surface area contributed by atoms with E-state index in [0.29, 0.717) is 18.8 Å². The van der Waals surface area contributed by atoms with Crippen molar-refractivity contribution in [1.29, 1.82) is 0 Å². The van der Waals surface area contributed by atoms with Gasteiger partial charge in [-0.15, -0.1) is 5.10 Å². The van der Waals surface area contributed by atoms with Crippen molar-refractivity contribution in [3.8, 4) is 5.69 Å². The number of hydrogen-bond donors (Lipinski definition) is 0. The van der Waals surface area contributed by atoms with E-state index in [2.05, 4.69) is 66.3 Å². The van der Waals surface area contributed by atoms with Crippen molar-refractivity contribution >= 4 is 5.91 Å². The van der Waals surface area contributed by atoms with E-state index in [1.165, 1.54) is 11.8 Å². The summed E-state index contributed by atoms with van der Waals surface area (Å²) in [5, 5.41) is 12.9. The van der Waals surface area contributed by atoms with Gasteiger partial charge in [-0.05, 0) is 60.4 Å². The Balaban J connectivity index is 1.60. The zero-order valence-corrected chi connectivity index (χ0v) is 18.7. The van der Waals surface area contributed by atoms with E-state index in [9.17, 15) is 4.79 Å². The van der Waals surface area contributed by atoms with Crippen molar-refractivity contribution in [2.45, 2.75) is 46.1 Å². The van der Waals surface area contributed by atoms with Gasteiger partial charge in [0.1, 0.15) is 0 Å². The third-order valence-electron chi connectivity index (χ3n) is 6.55. The number of carbonyl (C=O) groups excluding carboxylic acids is 1. The number of hydrogen-bond acceptors (Lipinski definition) is 6. The van der Waals surface area contributed by atoms with Crippen LogP contribution in [0, 0.1) is 6.92 Å². The Kier molecular flexibility index (Phi) is 5.91. The molecule has 0 N–H and O–H groups in total. The highest BCUT2D eigenvalue weighted by atomic mass is 16.3. The maximum absolute atomic E-state index is 12.6. The number of amides is 1. The van der Waals surface area contributed by atoms with Gasteiger partial charge < -0.3 is 9.32 Å². The number of para-hydroxylation sites is 1. The molecule has 0 saturated carbocycles. The van der Waals surface area contributed by atoms with E-state index >= 15 is 0 Å². The molecule has 1 amide bonds. The summed E-state index contributed by atoms with van der Waals surface area (Å²) in [6.07, 6.45) is 3.30. The molecule has 3 aromatic rings. The molecule has 2 aromatic heterocycles. The van der Waals surface area contributed by atoms with Crippen molar-refractivity contribution in [2.75, 3.05) is 26.2 Å². The van der Waals surface area contributed by atoms with E-state index < -0.39 is 0 Å². The Morgan fingerprint density at radius 2 is 1.90 bits per heavy atom. The van der Waals surface area contributed by atoms with Crippen LogP contribution in [-0.2, 0) is 12.0 Å². The van der Waals surface area contributed by atoms with Gasteiger partial charge >= 0.3 is 0 Å². The summed E-state index contributed by atoms with van der Waals surface area (Å²) >= 11 is 0. The molecule has 1 aromatic carbocycles. The van der Waals surface area contributed by atoms with Crippen LogP contribution in [0.15, 0.2) is 41.0 Å². The lowest BCUT2D eigenvalue weighted by atomic mass is 9.93. The quantitative estimate of drug-likeness (QED) is 0.607. The van der Waals surface area contributed by atoms with Gasteiger partial charge in [0, 0.05) is 26.2 Å². The SMILES string of the molecule is CCc1cccc(C)c1-n1nnnc1[C@](C)(CC)N1CCN(C(=O)c2ccco2)CC1. The number of nitrogens with zero attached hydrogens (tertiary/aromatic N) is 6. The smallest absolute Gasteiger partial charge is 0.289 e. The third-order valence-corrected chi connectivity index (χ3v) is 6.55. The number of benzene rings is 1. The number of furan rings is 1. The largest absolute Gasteiger partial charge is 0.459 e. The van der Waals surface area contributed by atoms with Crippen LogP contribution in [0.1, 0.15) is 54.7 Å². The van der Waals surface area contributed by atoms with Crippen molar-refractivity contribution in [2.24, 2.45) is 0 Å². The van der Waals surface area contributed by atoms with E-state index in [1.54, 1.807) is 12.1 Å². The summed E-state index contributed by atoms with van der Waals surface area (Å²) in [7, 11) is 0. The molecule has 8 heteroatoms. The molecule has 8 nitrogen and oxygen atoms in total. The summed E-state index contributed by atoms with van der Waals surface area (Å²) in [5.41, 5.74) is 3.09. The second kappa shape index (κ2) is 8.63. The number of aromatic nitrogens is 4. The molecule has 3 heterocycles. The second-order valence-corrected chi connectivity index (χ2v) is 8.23. The molecule has 0 bridgehead atoms. The molecule has 1 fully saturated rings. The number of tetrazole rings is 1. The van der Waals surface area contributed by atoms with Crippen LogP contribution in [0.4, 0.5) is 0 Å². The van der Waals surface area contributed by atoms with Gasteiger partial charge in [-0.25, -0.2) is 0 Å². The van der Waals surface area contributed by atoms with Crippen LogP contribution >= 0.6 is 0 Å². The first-order chi connectivity index (χ1) is 15.0. The summed E-state index contributed by atoms with van der Waals surface area (Å²) < 4.78 is 7.20. The molecule has 0 unspecified atom stereocenters. The number of piperazine rings is 1. The average molecular weight is 423 g/mol. The minimum Gasteiger partial charge on any atom is -0.459 e. The van der Waals surface area contributed by atoms with E-state index in [0.717, 1.165) is 43.0 Å². The third kappa shape index (κ3) is 3.76. The molecule has 1 aliphatic rings. The van der Waals surface area contributed by atoms with Crippen LogP contribution < -0.4 is 0 Å². The molecule has 164 valence electrons. The zero-order valence-electron chi connectivity index (χ0n) is 18.7. The lowest BCUT2D eigenvalue weighted by molar-refractivity contribution is 0.0251. The second-order valence-electron chi connectivity index (χ2n) is 8.23. The fraction of sp³-hybridized carbons (Fsp3) is 0.478. The molecule has 31 heavy (non-hydrogen) atoms. The Morgan fingerprint density at radius 1 is 1.13 bits per heavy atom. The monoisotopic (exact) mass is 422 g/mol. The molecular weight excluding hydrogens is 392 g/mol. The van der Waals surface area contributed by atoms with Gasteiger partial charge in [0.05, 0.1) is 17.5 Å². The van der Waals surface area contributed by atoms with Crippen LogP contribution in [0.2, 0.25) is 0 Å². The minimum atomic E-state index is -0.351. The lowest BCUT2D eigenvalue weighted by Crippen LogP contribution is -2.56. The molecule has 4 rings (SSSR count). The van der Waals surface area contributed by atoms with Crippen molar-refractivity contribution in [3.63, 3.8) is 0 Å². The van der Waals surface area contributed by atoms with Crippen LogP contribution in [0.3, 0.4) is 0 Å². The van der Waals surface area contributed by atoms with Crippen molar-refractivity contribution < 1.29 is 9.21 Å². The Bertz CT molecular complexity index is 1040. The molecular formula is C23H30N6O2. The molecule has 1 aliphatic heterocycles. The van der Waals surface area contributed by atoms with Gasteiger partial charge in [0.25, 0.3) is 5.91 Å². The number of carbonyl (C=O) groups is 1. The Morgan fingerprint density at radius 3 is 2.55 bits per heavy atom. The topological polar surface area (TPSA) is 80.3 Å². The predicted octanol–water partition coefficient (Wildman–Crippen LogP) is 3.21. The Labute approximate surface area is 182 Å². The molecule has 0 spiro atoms. The average Bonchev–Trinajstić information content (AvgIpc) is 3.50. The minimum absolute atomic E-state index is 0.0554. The number of rotatable bonds is 6. The van der Waals surface area contributed by atoms with Crippen molar-refractivity contribution in [3.05, 3.63) is 59.3 Å². The summed E-state index contributed by atoms with van der Waals surface area (Å²) in [4.78, 5) is 16.9. The maximum Gasteiger partial charge on any atom is 0.289 e. The van der Waals surface area contributed by atoms with Crippen molar-refractivity contribution in [1.82, 2.24) is 30.0 Å². The molecule has 0 radical (unpaired) electrons. The zero-order chi connectivity index (χ0) is 22.0. The van der Waals surface area contributed by atoms with Crippen LogP contribution in [0.25, 0.3) is 5.69 Å². The standard InChI is InChI=1S/C23H30N6O2/c1-5-18-10-7-9-17(3)20(18)29-22(24-25-26-29)23(4,6-2)28-14-12-27(13-15-28)21(30)19-11-8-16-31-19/h7-11,16H,5-6,12-15H2,1-4H3/t23-/m0/s1. The summed E-state index contributed by atoms with van der Waals surface area (Å²) in [6, 6.07) is 9.77. The van der Waals surface area contributed by atoms with Crippen LogP contribution in [0.5, 0.6) is 0 Å². The highest BCUT2D eigenvalue weighted by molar-refractivity contribution is 5.91. The van der Waals surface area contributed by atoms with Gasteiger partial charge in [-0.1, -0.05) is 32.0 Å². The first kappa shape index (κ1) is 21.2. The van der Waals surface area contributed by atoms with Crippen LogP contribution in [-0.4, -0.2) is 62.1 Å². The van der Waals surface area contributed by atoms with Gasteiger partial charge in [-0.3, -0.25) is 9.69 Å². The summed E-state index contributed by atoms with van der Waals surface area (Å²) in [5.74, 6) is 1.17. The molecule has 0 aliphatic carbocycles. The maximum atomic E-state index is 12.6. The first-order valence-corrected chi connectivity index (χ1v) is 10.9. The highest BCUT2D eigenvalue weighted by Gasteiger charge is 2.40. The predicted molar refractivity (Wildman–Crippen MR) is 117 cm³/mol. The first-order valence-electron chi connectivity index (χ1n) is 10.9. The van der Waals surface area contributed by atoms with E-state index in [1.807, 2.05) is 9.58 Å². The fourth-order valence-electron chi connectivity index (χ4n) is 4.46. The highest BCUT2D eigenvalue weighted by Crippen LogP contribution is 2.33. The normalized spacial score (nSPS) is 17.0. The fourth-order valence-corrected chi connectivity index (χ4v) is 4.46. The van der Waals surface area contributed by atoms with Gasteiger partial charge in [0.15, 0.2) is 11.6 Å². The molecule has 1 saturated heterocycles. The van der Waals surface area contributed by atoms with E-state index in [4.69, 9.17) is 4.42 Å². The van der Waals surface area contributed by atoms with E-state index in [-0.39, 0.29) is 11.4 Å². The van der Waals surface area contributed by atoms with Gasteiger partial charge in [-0.2, -0.15) is 4.68 Å². The number of aryl methyl sites for hydroxylation is 2. The Hall–Kier alpha value is -3.00. The van der Waals surface area contributed by atoms with Gasteiger partial charge in [0.2, 0.25) is 0 Å². The molecule has 1 atom stereocenters. The summed E-state index contributed by atoms with van der Waals surface area (Å²) in [6.45, 7) is 11.4. The lowest BCUT2D eigenvalue weighted by Gasteiger charge is -2.44.